The third kappa shape index (κ3) is 10.2. The Labute approximate surface area is 394 Å². The molecule has 3 aliphatic rings. The molecule has 342 valence electrons. The number of hydrogen-bond donors (Lipinski definition) is 4. The fourth-order valence-electron chi connectivity index (χ4n) is 9.50. The predicted octanol–water partition coefficient (Wildman–Crippen LogP) is 9.15. The van der Waals surface area contributed by atoms with Crippen LogP contribution in [0, 0.1) is 5.41 Å². The van der Waals surface area contributed by atoms with Gasteiger partial charge in [-0.15, -0.1) is 0 Å². The molecule has 0 aliphatic carbocycles. The van der Waals surface area contributed by atoms with Crippen LogP contribution in [0.1, 0.15) is 44.1 Å². The molecule has 6 aromatic rings. The molecule has 16 heteroatoms. The zero-order valence-corrected chi connectivity index (χ0v) is 40.3. The number of piperidine rings is 3. The highest BCUT2D eigenvalue weighted by molar-refractivity contribution is 9.10. The summed E-state index contributed by atoms with van der Waals surface area (Å²) >= 11 is 3.64. The molecule has 0 bridgehead atoms. The van der Waals surface area contributed by atoms with Gasteiger partial charge in [-0.1, -0.05) is 48.5 Å². The van der Waals surface area contributed by atoms with E-state index in [-0.39, 0.29) is 11.8 Å². The van der Waals surface area contributed by atoms with Gasteiger partial charge in [0, 0.05) is 79.4 Å². The van der Waals surface area contributed by atoms with Crippen molar-refractivity contribution in [2.45, 2.75) is 51.1 Å². The van der Waals surface area contributed by atoms with Crippen LogP contribution in [-0.4, -0.2) is 89.1 Å². The first kappa shape index (κ1) is 45.1. The van der Waals surface area contributed by atoms with Crippen LogP contribution in [0.15, 0.2) is 108 Å². The van der Waals surface area contributed by atoms with E-state index in [2.05, 4.69) is 81.3 Å². The molecule has 2 aromatic heterocycles. The monoisotopic (exact) mass is 970 g/mol. The van der Waals surface area contributed by atoms with Gasteiger partial charge in [-0.05, 0) is 127 Å². The number of anilines is 6. The van der Waals surface area contributed by atoms with Crippen molar-refractivity contribution in [3.05, 3.63) is 114 Å². The molecule has 1 spiro atoms. The summed E-state index contributed by atoms with van der Waals surface area (Å²) in [5, 5.41) is 17.9. The summed E-state index contributed by atoms with van der Waals surface area (Å²) in [6, 6.07) is 28.2. The molecule has 3 saturated heterocycles. The topological polar surface area (TPSA) is 159 Å². The average molecular weight is 972 g/mol. The van der Waals surface area contributed by atoms with Gasteiger partial charge in [-0.3, -0.25) is 24.5 Å². The number of methoxy groups -OCH3 is 1. The molecule has 1 unspecified atom stereocenters. The standard InChI is InChI=1S/C50H56BrN10O4P/c1-59-32-36(29-53-59)38-27-42(56-49-52-30-39(51)47(58-49)55-40-14-13-35(26-45(40)66(3,4)64)34-10-6-5-7-11-34)44(65-2)28-43(38)61-23-19-50(20-24-61)17-21-60(22-18-50)31-33-9-8-12-37(25-33)54-41-15-16-46(62)57-48(41)63/h5-14,25-30,32,41,54H,15-24,31H2,1-4H3,(H,57,62,63)(H2,52,55,56,58). The zero-order chi connectivity index (χ0) is 46.0. The van der Waals surface area contributed by atoms with Crippen LogP contribution >= 0.6 is 23.1 Å². The Morgan fingerprint density at radius 2 is 1.64 bits per heavy atom. The maximum atomic E-state index is 13.6. The molecule has 0 saturated carbocycles. The van der Waals surface area contributed by atoms with Crippen LogP contribution in [0.4, 0.5) is 34.5 Å². The van der Waals surface area contributed by atoms with Crippen molar-refractivity contribution >= 4 is 74.7 Å². The van der Waals surface area contributed by atoms with E-state index in [9.17, 15) is 14.2 Å². The van der Waals surface area contributed by atoms with Crippen molar-refractivity contribution in [1.29, 1.82) is 0 Å². The summed E-state index contributed by atoms with van der Waals surface area (Å²) < 4.78 is 22.2. The number of benzene rings is 4. The molecule has 9 rings (SSSR count). The lowest BCUT2D eigenvalue weighted by molar-refractivity contribution is -0.133. The van der Waals surface area contributed by atoms with E-state index < -0.39 is 13.2 Å². The number of nitrogens with zero attached hydrogens (tertiary/aromatic N) is 6. The number of aromatic nitrogens is 4. The van der Waals surface area contributed by atoms with E-state index in [1.165, 1.54) is 5.56 Å². The Hall–Kier alpha value is -6.02. The molecule has 14 nitrogen and oxygen atoms in total. The fraction of sp³-hybridized carbons (Fsp3) is 0.340. The van der Waals surface area contributed by atoms with Crippen molar-refractivity contribution in [2.24, 2.45) is 12.5 Å². The summed E-state index contributed by atoms with van der Waals surface area (Å²) in [7, 11) is 0.913. The number of carbonyl (C=O) groups excluding carboxylic acids is 2. The lowest BCUT2D eigenvalue weighted by Crippen LogP contribution is -2.47. The third-order valence-corrected chi connectivity index (χ3v) is 15.4. The van der Waals surface area contributed by atoms with Crippen LogP contribution in [0.2, 0.25) is 0 Å². The highest BCUT2D eigenvalue weighted by atomic mass is 79.9. The molecule has 3 fully saturated rings. The number of carbonyl (C=O) groups is 2. The van der Waals surface area contributed by atoms with Gasteiger partial charge < -0.3 is 30.2 Å². The minimum atomic E-state index is -2.70. The number of hydrogen-bond acceptors (Lipinski definition) is 12. The van der Waals surface area contributed by atoms with Gasteiger partial charge in [-0.2, -0.15) is 10.1 Å². The molecular weight excluding hydrogens is 915 g/mol. The van der Waals surface area contributed by atoms with Crippen molar-refractivity contribution in [2.75, 3.05) is 67.5 Å². The Kier molecular flexibility index (Phi) is 13.0. The molecule has 0 radical (unpaired) electrons. The van der Waals surface area contributed by atoms with Gasteiger partial charge in [0.15, 0.2) is 0 Å². The normalized spacial score (nSPS) is 17.7. The van der Waals surface area contributed by atoms with E-state index in [4.69, 9.17) is 9.72 Å². The number of amides is 2. The minimum Gasteiger partial charge on any atom is -0.494 e. The van der Waals surface area contributed by atoms with E-state index >= 15 is 0 Å². The Bertz CT molecular complexity index is 2800. The number of ether oxygens (including phenoxy) is 1. The summed E-state index contributed by atoms with van der Waals surface area (Å²) in [6.07, 6.45) is 11.0. The Morgan fingerprint density at radius 1 is 0.864 bits per heavy atom. The number of rotatable bonds is 13. The first-order valence-electron chi connectivity index (χ1n) is 22.5. The number of halogens is 1. The maximum absolute atomic E-state index is 13.6. The molecular formula is C50H56BrN10O4P. The first-order chi connectivity index (χ1) is 31.8. The molecule has 4 N–H and O–H groups in total. The van der Waals surface area contributed by atoms with Gasteiger partial charge in [0.25, 0.3) is 0 Å². The third-order valence-electron chi connectivity index (χ3n) is 13.3. The van der Waals surface area contributed by atoms with Crippen LogP contribution < -0.4 is 36.2 Å². The second kappa shape index (κ2) is 19.1. The number of imide groups is 1. The van der Waals surface area contributed by atoms with Crippen LogP contribution in [-0.2, 0) is 27.7 Å². The highest BCUT2D eigenvalue weighted by Crippen LogP contribution is 2.46. The second-order valence-corrected chi connectivity index (χ2v) is 22.2. The fourth-order valence-corrected chi connectivity index (χ4v) is 11.0. The number of likely N-dealkylation sites (tertiary alicyclic amines) is 1. The van der Waals surface area contributed by atoms with Gasteiger partial charge in [0.05, 0.1) is 29.2 Å². The van der Waals surface area contributed by atoms with Crippen molar-refractivity contribution in [3.8, 4) is 28.0 Å². The van der Waals surface area contributed by atoms with E-state index in [0.717, 1.165) is 97.3 Å². The lowest BCUT2D eigenvalue weighted by Gasteiger charge is -2.47. The van der Waals surface area contributed by atoms with Gasteiger partial charge in [-0.25, -0.2) is 4.98 Å². The Balaban J connectivity index is 0.886. The van der Waals surface area contributed by atoms with Gasteiger partial charge in [0.2, 0.25) is 17.8 Å². The molecule has 2 amide bonds. The van der Waals surface area contributed by atoms with Crippen LogP contribution in [0.3, 0.4) is 0 Å². The quantitative estimate of drug-likeness (QED) is 0.0644. The van der Waals surface area contributed by atoms with Crippen LogP contribution in [0.5, 0.6) is 5.75 Å². The summed E-state index contributed by atoms with van der Waals surface area (Å²) in [5.41, 5.74) is 9.01. The van der Waals surface area contributed by atoms with E-state index in [0.29, 0.717) is 51.6 Å². The molecule has 1 atom stereocenters. The SMILES string of the molecule is COc1cc(N2CCC3(CCN(Cc4cccc(NC5CCC(=O)NC5=O)c4)CC3)CC2)c(-c2cnn(C)c2)cc1Nc1ncc(Br)c(Nc2ccc(-c3ccccc3)cc2P(C)(C)=O)n1. The summed E-state index contributed by atoms with van der Waals surface area (Å²) in [4.78, 5) is 38.5. The highest BCUT2D eigenvalue weighted by Gasteiger charge is 2.38. The van der Waals surface area contributed by atoms with Crippen molar-refractivity contribution < 1.29 is 18.9 Å². The summed E-state index contributed by atoms with van der Waals surface area (Å²) in [6.45, 7) is 8.35. The van der Waals surface area contributed by atoms with E-state index in [1.54, 1.807) is 26.6 Å². The average Bonchev–Trinajstić information content (AvgIpc) is 3.75. The molecule has 5 heterocycles. The first-order valence-corrected chi connectivity index (χ1v) is 25.9. The molecule has 66 heavy (non-hydrogen) atoms. The van der Waals surface area contributed by atoms with Crippen molar-refractivity contribution in [1.82, 2.24) is 30.0 Å². The number of nitrogens with one attached hydrogen (secondary N) is 4. The number of aryl methyl sites for hydroxylation is 1. The van der Waals surface area contributed by atoms with Gasteiger partial charge >= 0.3 is 0 Å². The summed E-state index contributed by atoms with van der Waals surface area (Å²) in [5.74, 6) is 1.09. The second-order valence-electron chi connectivity index (χ2n) is 18.2. The van der Waals surface area contributed by atoms with E-state index in [1.807, 2.05) is 84.8 Å². The predicted molar refractivity (Wildman–Crippen MR) is 267 cm³/mol. The molecule has 4 aromatic carbocycles. The zero-order valence-electron chi connectivity index (χ0n) is 37.8. The largest absolute Gasteiger partial charge is 0.494 e. The smallest absolute Gasteiger partial charge is 0.249 e. The molecule has 3 aliphatic heterocycles. The Morgan fingerprint density at radius 3 is 2.35 bits per heavy atom. The van der Waals surface area contributed by atoms with Gasteiger partial charge in [0.1, 0.15) is 24.8 Å². The minimum absolute atomic E-state index is 0.208. The maximum Gasteiger partial charge on any atom is 0.249 e. The van der Waals surface area contributed by atoms with Crippen molar-refractivity contribution in [3.63, 3.8) is 0 Å². The lowest BCUT2D eigenvalue weighted by atomic mass is 9.71. The van der Waals surface area contributed by atoms with Crippen LogP contribution in [0.25, 0.3) is 22.3 Å².